The van der Waals surface area contributed by atoms with Crippen LogP contribution >= 0.6 is 0 Å². The fourth-order valence-corrected chi connectivity index (χ4v) is 2.88. The average molecular weight is 371 g/mol. The second kappa shape index (κ2) is 9.29. The smallest absolute Gasteiger partial charge is 0.339 e. The Kier molecular flexibility index (Phi) is 6.56. The maximum absolute atomic E-state index is 11.9. The van der Waals surface area contributed by atoms with E-state index in [-0.39, 0.29) is 0 Å². The fraction of sp³-hybridized carbons (Fsp3) is 0.421. The molecule has 1 saturated heterocycles. The standard InChI is InChI=1S/C19H25N5O3/c1-14-13-17(22-16-6-4-3-5-15(16)18(25)26-2)23-19(21-14)20-7-8-24-9-11-27-12-10-24/h3-6,13H,7-12H2,1-2H3,(H2,20,21,22,23). The van der Waals surface area contributed by atoms with Crippen molar-refractivity contribution >= 4 is 23.4 Å². The molecule has 27 heavy (non-hydrogen) atoms. The molecule has 0 unspecified atom stereocenters. The minimum Gasteiger partial charge on any atom is -0.465 e. The average Bonchev–Trinajstić information content (AvgIpc) is 2.68. The molecule has 1 aliphatic rings. The quantitative estimate of drug-likeness (QED) is 0.715. The second-order valence-corrected chi connectivity index (χ2v) is 6.26. The number of anilines is 3. The van der Waals surface area contributed by atoms with Crippen molar-refractivity contribution in [1.29, 1.82) is 0 Å². The molecule has 0 radical (unpaired) electrons. The van der Waals surface area contributed by atoms with E-state index in [9.17, 15) is 4.79 Å². The number of benzene rings is 1. The van der Waals surface area contributed by atoms with E-state index in [4.69, 9.17) is 9.47 Å². The first-order valence-corrected chi connectivity index (χ1v) is 9.00. The first-order chi connectivity index (χ1) is 13.2. The highest BCUT2D eigenvalue weighted by Gasteiger charge is 2.13. The number of hydrogen-bond donors (Lipinski definition) is 2. The SMILES string of the molecule is COC(=O)c1ccccc1Nc1cc(C)nc(NCCN2CCOCC2)n1. The van der Waals surface area contributed by atoms with Crippen LogP contribution in [0.25, 0.3) is 0 Å². The van der Waals surface area contributed by atoms with Gasteiger partial charge in [-0.3, -0.25) is 4.90 Å². The maximum Gasteiger partial charge on any atom is 0.339 e. The van der Waals surface area contributed by atoms with E-state index in [2.05, 4.69) is 25.5 Å². The number of aryl methyl sites for hydroxylation is 1. The lowest BCUT2D eigenvalue weighted by Crippen LogP contribution is -2.39. The molecule has 2 heterocycles. The third kappa shape index (κ3) is 5.38. The van der Waals surface area contributed by atoms with Crippen LogP contribution in [0.5, 0.6) is 0 Å². The molecule has 1 aliphatic heterocycles. The van der Waals surface area contributed by atoms with Crippen molar-refractivity contribution in [3.8, 4) is 0 Å². The van der Waals surface area contributed by atoms with E-state index in [1.165, 1.54) is 7.11 Å². The molecule has 0 aliphatic carbocycles. The van der Waals surface area contributed by atoms with E-state index in [0.29, 0.717) is 23.0 Å². The van der Waals surface area contributed by atoms with Gasteiger partial charge >= 0.3 is 5.97 Å². The van der Waals surface area contributed by atoms with E-state index in [1.54, 1.807) is 12.1 Å². The van der Waals surface area contributed by atoms with Gasteiger partial charge in [0.1, 0.15) is 5.82 Å². The minimum atomic E-state index is -0.396. The van der Waals surface area contributed by atoms with Crippen molar-refractivity contribution in [1.82, 2.24) is 14.9 Å². The highest BCUT2D eigenvalue weighted by Crippen LogP contribution is 2.21. The van der Waals surface area contributed by atoms with Crippen LogP contribution in [0, 0.1) is 6.92 Å². The number of morpholine rings is 1. The van der Waals surface area contributed by atoms with E-state index in [1.807, 2.05) is 25.1 Å². The lowest BCUT2D eigenvalue weighted by molar-refractivity contribution is 0.0398. The summed E-state index contributed by atoms with van der Waals surface area (Å²) in [6.07, 6.45) is 0. The van der Waals surface area contributed by atoms with Gasteiger partial charge in [0.2, 0.25) is 5.95 Å². The number of carbonyl (C=O) groups is 1. The summed E-state index contributed by atoms with van der Waals surface area (Å²) in [4.78, 5) is 23.2. The number of esters is 1. The van der Waals surface area contributed by atoms with Crippen LogP contribution < -0.4 is 10.6 Å². The summed E-state index contributed by atoms with van der Waals surface area (Å²) in [6, 6.07) is 9.01. The lowest BCUT2D eigenvalue weighted by Gasteiger charge is -2.26. The van der Waals surface area contributed by atoms with Crippen molar-refractivity contribution in [2.24, 2.45) is 0 Å². The van der Waals surface area contributed by atoms with Gasteiger partial charge in [0, 0.05) is 37.9 Å². The predicted molar refractivity (Wildman–Crippen MR) is 104 cm³/mol. The molecule has 0 spiro atoms. The molecular formula is C19H25N5O3. The van der Waals surface area contributed by atoms with Crippen LogP contribution in [-0.2, 0) is 9.47 Å². The Hall–Kier alpha value is -2.71. The first kappa shape index (κ1) is 19.1. The summed E-state index contributed by atoms with van der Waals surface area (Å²) >= 11 is 0. The summed E-state index contributed by atoms with van der Waals surface area (Å²) in [5, 5.41) is 6.46. The Morgan fingerprint density at radius 3 is 2.81 bits per heavy atom. The monoisotopic (exact) mass is 371 g/mol. The lowest BCUT2D eigenvalue weighted by atomic mass is 10.2. The molecule has 1 aromatic heterocycles. The number of nitrogens with zero attached hydrogens (tertiary/aromatic N) is 3. The highest BCUT2D eigenvalue weighted by atomic mass is 16.5. The van der Waals surface area contributed by atoms with Gasteiger partial charge in [0.15, 0.2) is 0 Å². The zero-order valence-corrected chi connectivity index (χ0v) is 15.7. The number of aromatic nitrogens is 2. The van der Waals surface area contributed by atoms with Gasteiger partial charge in [-0.05, 0) is 19.1 Å². The molecule has 3 rings (SSSR count). The van der Waals surface area contributed by atoms with Crippen LogP contribution in [0.15, 0.2) is 30.3 Å². The van der Waals surface area contributed by atoms with Gasteiger partial charge in [-0.25, -0.2) is 9.78 Å². The molecule has 8 nitrogen and oxygen atoms in total. The Balaban J connectivity index is 1.66. The number of para-hydroxylation sites is 1. The van der Waals surface area contributed by atoms with Gasteiger partial charge in [0.05, 0.1) is 31.6 Å². The largest absolute Gasteiger partial charge is 0.465 e. The molecular weight excluding hydrogens is 346 g/mol. The summed E-state index contributed by atoms with van der Waals surface area (Å²) in [5.74, 6) is 0.779. The van der Waals surface area contributed by atoms with Crippen LogP contribution in [0.4, 0.5) is 17.5 Å². The molecule has 0 amide bonds. The van der Waals surface area contributed by atoms with Gasteiger partial charge in [-0.2, -0.15) is 4.98 Å². The Labute approximate surface area is 158 Å². The second-order valence-electron chi connectivity index (χ2n) is 6.26. The minimum absolute atomic E-state index is 0.396. The van der Waals surface area contributed by atoms with Crippen molar-refractivity contribution in [2.75, 3.05) is 57.1 Å². The van der Waals surface area contributed by atoms with Crippen molar-refractivity contribution < 1.29 is 14.3 Å². The van der Waals surface area contributed by atoms with Gasteiger partial charge in [-0.15, -0.1) is 0 Å². The van der Waals surface area contributed by atoms with Crippen LogP contribution in [0.2, 0.25) is 0 Å². The van der Waals surface area contributed by atoms with E-state index in [0.717, 1.165) is 45.1 Å². The van der Waals surface area contributed by atoms with Crippen LogP contribution in [-0.4, -0.2) is 67.3 Å². The first-order valence-electron chi connectivity index (χ1n) is 9.00. The van der Waals surface area contributed by atoms with Crippen molar-refractivity contribution in [3.63, 3.8) is 0 Å². The third-order valence-corrected chi connectivity index (χ3v) is 4.26. The molecule has 2 aromatic rings. The fourth-order valence-electron chi connectivity index (χ4n) is 2.88. The number of methoxy groups -OCH3 is 1. The van der Waals surface area contributed by atoms with Gasteiger partial charge < -0.3 is 20.1 Å². The van der Waals surface area contributed by atoms with Crippen molar-refractivity contribution in [2.45, 2.75) is 6.92 Å². The highest BCUT2D eigenvalue weighted by molar-refractivity contribution is 5.96. The summed E-state index contributed by atoms with van der Waals surface area (Å²) in [5.41, 5.74) is 1.93. The zero-order chi connectivity index (χ0) is 19.1. The summed E-state index contributed by atoms with van der Waals surface area (Å²) in [6.45, 7) is 7.05. The Morgan fingerprint density at radius 1 is 1.26 bits per heavy atom. The van der Waals surface area contributed by atoms with E-state index >= 15 is 0 Å². The van der Waals surface area contributed by atoms with Crippen molar-refractivity contribution in [3.05, 3.63) is 41.6 Å². The maximum atomic E-state index is 11.9. The van der Waals surface area contributed by atoms with E-state index < -0.39 is 5.97 Å². The van der Waals surface area contributed by atoms with Gasteiger partial charge in [0.25, 0.3) is 0 Å². The molecule has 0 bridgehead atoms. The molecule has 1 fully saturated rings. The number of rotatable bonds is 7. The Bertz CT molecular complexity index is 778. The van der Waals surface area contributed by atoms with Gasteiger partial charge in [-0.1, -0.05) is 12.1 Å². The number of nitrogens with one attached hydrogen (secondary N) is 2. The number of ether oxygens (including phenoxy) is 2. The van der Waals surface area contributed by atoms with Crippen LogP contribution in [0.1, 0.15) is 16.1 Å². The Morgan fingerprint density at radius 2 is 2.04 bits per heavy atom. The topological polar surface area (TPSA) is 88.6 Å². The molecule has 8 heteroatoms. The zero-order valence-electron chi connectivity index (χ0n) is 15.7. The molecule has 2 N–H and O–H groups in total. The molecule has 144 valence electrons. The molecule has 0 saturated carbocycles. The summed E-state index contributed by atoms with van der Waals surface area (Å²) in [7, 11) is 1.37. The number of hydrogen-bond acceptors (Lipinski definition) is 8. The molecule has 0 atom stereocenters. The number of carbonyl (C=O) groups excluding carboxylic acids is 1. The predicted octanol–water partition coefficient (Wildman–Crippen LogP) is 2.06. The summed E-state index contributed by atoms with van der Waals surface area (Å²) < 4.78 is 10.2. The van der Waals surface area contributed by atoms with Crippen LogP contribution in [0.3, 0.4) is 0 Å². The normalized spacial score (nSPS) is 14.6. The molecule has 1 aromatic carbocycles. The third-order valence-electron chi connectivity index (χ3n) is 4.26.